The zero-order chi connectivity index (χ0) is 8.98. The van der Waals surface area contributed by atoms with Crippen molar-refractivity contribution in [2.24, 2.45) is 11.3 Å². The smallest absolute Gasteiger partial charge is 0.0125 e. The minimum absolute atomic E-state index is 0.403. The Kier molecular flexibility index (Phi) is 1.61. The Labute approximate surface area is 76.1 Å². The molecule has 2 fully saturated rings. The second-order valence-corrected chi connectivity index (χ2v) is 5.83. The van der Waals surface area contributed by atoms with Crippen molar-refractivity contribution in [2.45, 2.75) is 46.1 Å². The van der Waals surface area contributed by atoms with E-state index < -0.39 is 0 Å². The quantitative estimate of drug-likeness (QED) is 0.536. The van der Waals surface area contributed by atoms with Crippen molar-refractivity contribution in [3.05, 3.63) is 0 Å². The molecule has 12 heavy (non-hydrogen) atoms. The molecule has 1 nitrogen and oxygen atoms in total. The van der Waals surface area contributed by atoms with E-state index in [4.69, 9.17) is 0 Å². The first kappa shape index (κ1) is 8.55. The number of likely N-dealkylation sites (tertiary alicyclic amines) is 1. The molecule has 0 bridgehead atoms. The standard InChI is InChI=1S/C11H21N/c1-9-5-6-11(9)7-12(8-11)10(2,3)4/h9H,5-8H2,1-4H3. The van der Waals surface area contributed by atoms with Crippen LogP contribution in [-0.4, -0.2) is 23.5 Å². The van der Waals surface area contributed by atoms with Crippen molar-refractivity contribution in [1.82, 2.24) is 4.90 Å². The first-order chi connectivity index (χ1) is 5.44. The van der Waals surface area contributed by atoms with Crippen LogP contribution in [0, 0.1) is 11.3 Å². The molecule has 1 unspecified atom stereocenters. The number of nitrogens with zero attached hydrogens (tertiary/aromatic N) is 1. The van der Waals surface area contributed by atoms with E-state index >= 15 is 0 Å². The minimum atomic E-state index is 0.403. The Hall–Kier alpha value is -0.0400. The van der Waals surface area contributed by atoms with E-state index in [0.29, 0.717) is 5.54 Å². The first-order valence-electron chi connectivity index (χ1n) is 5.19. The normalized spacial score (nSPS) is 34.5. The first-order valence-corrected chi connectivity index (χ1v) is 5.19. The summed E-state index contributed by atoms with van der Waals surface area (Å²) in [5.41, 5.74) is 1.16. The fraction of sp³-hybridized carbons (Fsp3) is 1.00. The van der Waals surface area contributed by atoms with Crippen LogP contribution in [-0.2, 0) is 0 Å². The summed E-state index contributed by atoms with van der Waals surface area (Å²) >= 11 is 0. The molecule has 1 atom stereocenters. The van der Waals surface area contributed by atoms with Gasteiger partial charge in [0.15, 0.2) is 0 Å². The summed E-state index contributed by atoms with van der Waals surface area (Å²) in [4.78, 5) is 2.61. The van der Waals surface area contributed by atoms with E-state index in [1.807, 2.05) is 0 Å². The van der Waals surface area contributed by atoms with Gasteiger partial charge < -0.3 is 0 Å². The Morgan fingerprint density at radius 2 is 1.83 bits per heavy atom. The Balaban J connectivity index is 1.91. The maximum atomic E-state index is 2.61. The van der Waals surface area contributed by atoms with Gasteiger partial charge in [0.05, 0.1) is 0 Å². The molecule has 1 saturated carbocycles. The van der Waals surface area contributed by atoms with Crippen LogP contribution in [0.4, 0.5) is 0 Å². The van der Waals surface area contributed by atoms with E-state index in [-0.39, 0.29) is 0 Å². The van der Waals surface area contributed by atoms with Gasteiger partial charge in [0.25, 0.3) is 0 Å². The highest BCUT2D eigenvalue weighted by atomic mass is 15.3. The Bertz CT molecular complexity index is 184. The molecule has 0 aromatic rings. The van der Waals surface area contributed by atoms with Crippen LogP contribution < -0.4 is 0 Å². The molecule has 1 saturated heterocycles. The van der Waals surface area contributed by atoms with Crippen LogP contribution in [0.25, 0.3) is 0 Å². The monoisotopic (exact) mass is 167 g/mol. The lowest BCUT2D eigenvalue weighted by Crippen LogP contribution is -2.67. The average Bonchev–Trinajstić information content (AvgIpc) is 1.78. The van der Waals surface area contributed by atoms with E-state index in [2.05, 4.69) is 32.6 Å². The van der Waals surface area contributed by atoms with Crippen LogP contribution in [0.5, 0.6) is 0 Å². The number of hydrogen-bond acceptors (Lipinski definition) is 1. The topological polar surface area (TPSA) is 3.24 Å². The molecule has 0 aromatic heterocycles. The van der Waals surface area contributed by atoms with Crippen LogP contribution >= 0.6 is 0 Å². The third-order valence-electron chi connectivity index (χ3n) is 4.08. The van der Waals surface area contributed by atoms with Gasteiger partial charge in [-0.25, -0.2) is 0 Å². The van der Waals surface area contributed by atoms with Gasteiger partial charge in [-0.15, -0.1) is 0 Å². The fourth-order valence-corrected chi connectivity index (χ4v) is 2.50. The van der Waals surface area contributed by atoms with E-state index in [9.17, 15) is 0 Å². The van der Waals surface area contributed by atoms with Crippen molar-refractivity contribution < 1.29 is 0 Å². The van der Waals surface area contributed by atoms with Gasteiger partial charge in [0, 0.05) is 18.6 Å². The summed E-state index contributed by atoms with van der Waals surface area (Å²) in [6.45, 7) is 12.1. The molecular weight excluding hydrogens is 146 g/mol. The molecule has 0 aromatic carbocycles. The van der Waals surface area contributed by atoms with Crippen molar-refractivity contribution in [2.75, 3.05) is 13.1 Å². The summed E-state index contributed by atoms with van der Waals surface area (Å²) in [5.74, 6) is 0.996. The molecule has 0 N–H and O–H groups in total. The summed E-state index contributed by atoms with van der Waals surface area (Å²) < 4.78 is 0. The second kappa shape index (κ2) is 2.25. The lowest BCUT2D eigenvalue weighted by atomic mass is 9.56. The summed E-state index contributed by atoms with van der Waals surface area (Å²) in [7, 11) is 0. The maximum Gasteiger partial charge on any atom is 0.0125 e. The van der Waals surface area contributed by atoms with E-state index in [1.165, 1.54) is 25.9 Å². The fourth-order valence-electron chi connectivity index (χ4n) is 2.50. The SMILES string of the molecule is CC1CCC12CN(C(C)(C)C)C2. The highest BCUT2D eigenvalue weighted by molar-refractivity contribution is 5.06. The minimum Gasteiger partial charge on any atom is -0.297 e. The van der Waals surface area contributed by atoms with Gasteiger partial charge in [-0.1, -0.05) is 6.92 Å². The van der Waals surface area contributed by atoms with Gasteiger partial charge in [-0.3, -0.25) is 4.90 Å². The molecule has 1 aliphatic carbocycles. The average molecular weight is 167 g/mol. The molecule has 1 spiro atoms. The van der Waals surface area contributed by atoms with E-state index in [0.717, 1.165) is 11.3 Å². The lowest BCUT2D eigenvalue weighted by molar-refractivity contribution is -0.140. The summed E-state index contributed by atoms with van der Waals surface area (Å²) in [6, 6.07) is 0. The third kappa shape index (κ3) is 1.02. The van der Waals surface area contributed by atoms with Crippen LogP contribution in [0.15, 0.2) is 0 Å². The largest absolute Gasteiger partial charge is 0.297 e. The number of hydrogen-bond donors (Lipinski definition) is 0. The summed E-state index contributed by atoms with van der Waals surface area (Å²) in [6.07, 6.45) is 2.96. The third-order valence-corrected chi connectivity index (χ3v) is 4.08. The van der Waals surface area contributed by atoms with Gasteiger partial charge >= 0.3 is 0 Å². The zero-order valence-corrected chi connectivity index (χ0v) is 8.85. The lowest BCUT2D eigenvalue weighted by Gasteiger charge is -2.63. The molecular formula is C11H21N. The van der Waals surface area contributed by atoms with Gasteiger partial charge in [-0.2, -0.15) is 0 Å². The van der Waals surface area contributed by atoms with Crippen molar-refractivity contribution in [1.29, 1.82) is 0 Å². The van der Waals surface area contributed by atoms with Crippen LogP contribution in [0.1, 0.15) is 40.5 Å². The predicted molar refractivity (Wildman–Crippen MR) is 52.2 cm³/mol. The maximum absolute atomic E-state index is 2.61. The molecule has 1 aliphatic heterocycles. The molecule has 1 heterocycles. The Morgan fingerprint density at radius 1 is 1.25 bits per heavy atom. The molecule has 2 rings (SSSR count). The van der Waals surface area contributed by atoms with Crippen LogP contribution in [0.3, 0.4) is 0 Å². The van der Waals surface area contributed by atoms with Crippen molar-refractivity contribution in [3.63, 3.8) is 0 Å². The summed E-state index contributed by atoms with van der Waals surface area (Å²) in [5, 5.41) is 0. The molecule has 0 radical (unpaired) electrons. The van der Waals surface area contributed by atoms with Gasteiger partial charge in [0.2, 0.25) is 0 Å². The van der Waals surface area contributed by atoms with Gasteiger partial charge in [0.1, 0.15) is 0 Å². The second-order valence-electron chi connectivity index (χ2n) is 5.83. The molecule has 0 amide bonds. The predicted octanol–water partition coefficient (Wildman–Crippen LogP) is 2.52. The molecule has 2 aliphatic rings. The van der Waals surface area contributed by atoms with Crippen molar-refractivity contribution in [3.8, 4) is 0 Å². The highest BCUT2D eigenvalue weighted by Crippen LogP contribution is 2.54. The van der Waals surface area contributed by atoms with E-state index in [1.54, 1.807) is 0 Å². The Morgan fingerprint density at radius 3 is 2.08 bits per heavy atom. The van der Waals surface area contributed by atoms with Crippen molar-refractivity contribution >= 4 is 0 Å². The zero-order valence-electron chi connectivity index (χ0n) is 8.85. The highest BCUT2D eigenvalue weighted by Gasteiger charge is 2.54. The van der Waals surface area contributed by atoms with Gasteiger partial charge in [-0.05, 0) is 44.9 Å². The van der Waals surface area contributed by atoms with Crippen LogP contribution in [0.2, 0.25) is 0 Å². The number of rotatable bonds is 0. The molecule has 70 valence electrons. The molecule has 1 heteroatoms.